The number of hydrogen-bond donors (Lipinski definition) is 3. The number of amides is 7. The number of nitriles is 1. The third-order valence-corrected chi connectivity index (χ3v) is 14.4. The Hall–Kier alpha value is -8.90. The Morgan fingerprint density at radius 1 is 0.639 bits per heavy atom. The maximum atomic E-state index is 14.5. The molecule has 4 aromatic carbocycles. The summed E-state index contributed by atoms with van der Waals surface area (Å²) in [5, 5.41) is 14.0. The molecular weight excluding hydrogens is 1160 g/mol. The minimum atomic E-state index is -2.98. The number of nitrogens with zero attached hydrogens (tertiary/aromatic N) is 7. The molecule has 4 atom stereocenters. The van der Waals surface area contributed by atoms with E-state index in [0.717, 1.165) is 56.3 Å². The van der Waals surface area contributed by atoms with E-state index >= 15 is 0 Å². The first kappa shape index (κ1) is 58.7. The van der Waals surface area contributed by atoms with E-state index in [1.54, 1.807) is 12.1 Å². The van der Waals surface area contributed by atoms with Gasteiger partial charge in [-0.25, -0.2) is 45.1 Å². The van der Waals surface area contributed by atoms with Gasteiger partial charge in [0.05, 0.1) is 23.8 Å². The van der Waals surface area contributed by atoms with Crippen molar-refractivity contribution in [3.8, 4) is 6.07 Å². The van der Waals surface area contributed by atoms with Gasteiger partial charge in [-0.3, -0.25) is 53.2 Å². The van der Waals surface area contributed by atoms with E-state index < -0.39 is 162 Å². The highest BCUT2D eigenvalue weighted by Gasteiger charge is 2.51. The molecule has 2 aliphatic carbocycles. The molecule has 4 heterocycles. The zero-order valence-electron chi connectivity index (χ0n) is 42.5. The molecule has 6 aromatic rings. The molecule has 2 saturated heterocycles. The number of nitrogens with two attached hydrogens (primary N) is 1. The summed E-state index contributed by atoms with van der Waals surface area (Å²) in [7, 11) is 0. The first-order valence-electron chi connectivity index (χ1n) is 25.0. The van der Waals surface area contributed by atoms with Crippen LogP contribution in [-0.4, -0.2) is 87.3 Å². The minimum absolute atomic E-state index is 0.00646. The Labute approximate surface area is 473 Å². The third-order valence-electron chi connectivity index (χ3n) is 13.8. The van der Waals surface area contributed by atoms with E-state index in [0.29, 0.717) is 12.1 Å². The Bertz CT molecular complexity index is 3560. The van der Waals surface area contributed by atoms with E-state index in [1.807, 2.05) is 0 Å². The largest absolute Gasteiger partial charge is 0.418 e. The number of anilines is 4. The lowest BCUT2D eigenvalue weighted by atomic mass is 9.87. The number of benzene rings is 4. The maximum Gasteiger partial charge on any atom is 0.306 e. The molecule has 10 rings (SSSR count). The summed E-state index contributed by atoms with van der Waals surface area (Å²) in [5.74, 6) is -17.0. The molecule has 29 heteroatoms. The SMILES string of the molecule is N#Cc1cnc(N2C(=O)CC[C@H]2C(=O)N(c2cc(F)cc(F)c2)[C@H](C(=O)NC2CC(F)(F)C2)c2ccccc2Cl)o1.NC(=O)c1cnc(N2C(=O)CC[C@H]2C(=O)N(c2cc(F)cc(F)c2)[C@H](C(=O)NC2CC(F)(F)C2)c2ccccc2Cl)o1. The minimum Gasteiger partial charge on any atom is -0.418 e. The van der Waals surface area contributed by atoms with Crippen molar-refractivity contribution in [1.82, 2.24) is 20.6 Å². The Balaban J connectivity index is 0.000000200. The highest BCUT2D eigenvalue weighted by molar-refractivity contribution is 6.32. The second kappa shape index (κ2) is 23.5. The fourth-order valence-corrected chi connectivity index (χ4v) is 10.5. The number of primary amides is 1. The van der Waals surface area contributed by atoms with Gasteiger partial charge < -0.3 is 25.2 Å². The molecule has 4 aliphatic rings. The number of nitrogens with one attached hydrogen (secondary N) is 2. The van der Waals surface area contributed by atoms with Gasteiger partial charge in [0.2, 0.25) is 35.1 Å². The van der Waals surface area contributed by atoms with Gasteiger partial charge in [-0.15, -0.1) is 0 Å². The number of halogens is 10. The van der Waals surface area contributed by atoms with Crippen LogP contribution in [0.3, 0.4) is 0 Å². The lowest BCUT2D eigenvalue weighted by Gasteiger charge is -2.39. The molecular formula is C54H42Cl2F8N10O9. The molecule has 83 heavy (non-hydrogen) atoms. The van der Waals surface area contributed by atoms with Crippen molar-refractivity contribution in [2.75, 3.05) is 19.6 Å². The zero-order valence-corrected chi connectivity index (χ0v) is 44.0. The van der Waals surface area contributed by atoms with Crippen molar-refractivity contribution < 1.29 is 77.5 Å². The van der Waals surface area contributed by atoms with Crippen LogP contribution in [0.15, 0.2) is 106 Å². The molecule has 7 amide bonds. The Kier molecular flexibility index (Phi) is 16.6. The van der Waals surface area contributed by atoms with Gasteiger partial charge >= 0.3 is 12.0 Å². The monoisotopic (exact) mass is 1200 g/mol. The second-order valence-electron chi connectivity index (χ2n) is 19.6. The van der Waals surface area contributed by atoms with E-state index in [-0.39, 0.29) is 58.6 Å². The number of hydrogen-bond acceptors (Lipinski definition) is 12. The van der Waals surface area contributed by atoms with E-state index in [2.05, 4.69) is 20.6 Å². The van der Waals surface area contributed by atoms with Gasteiger partial charge in [0.1, 0.15) is 53.5 Å². The average molecular weight is 1200 g/mol. The van der Waals surface area contributed by atoms with Crippen molar-refractivity contribution in [3.05, 3.63) is 153 Å². The standard InChI is InChI=1S/C27H22ClF4N5O5.C27H20ClF4N5O4/c28-18-4-2-1-3-17(18)22(24(40)35-15-10-27(31,32)11-15)36(16-8-13(29)7-14(30)9-16)25(41)19-5-6-21(38)37(19)26-34-12-20(42-26)23(33)39;28-20-4-2-1-3-19(20)23(24(39)35-16-10-27(31,32)11-16)36(17-8-14(29)7-15(30)9-17)25(40)21-5-6-22(38)37(21)26-34-13-18(12-33)41-26/h1-4,7-9,12,15,19,22H,5-6,10-11H2,(H2,33,39)(H,35,40);1-4,7-9,13,16,21,23H,5-6,10-11H2,(H,35,39)/t19-,22-;21-,23-/m00/s1. The highest BCUT2D eigenvalue weighted by atomic mass is 35.5. The molecule has 2 saturated carbocycles. The molecule has 0 unspecified atom stereocenters. The number of aromatic nitrogens is 2. The van der Waals surface area contributed by atoms with E-state index in [1.165, 1.54) is 42.5 Å². The highest BCUT2D eigenvalue weighted by Crippen LogP contribution is 2.43. The molecule has 2 aromatic heterocycles. The van der Waals surface area contributed by atoms with Crippen molar-refractivity contribution in [2.24, 2.45) is 5.73 Å². The summed E-state index contributed by atoms with van der Waals surface area (Å²) in [5.41, 5.74) is 4.45. The second-order valence-corrected chi connectivity index (χ2v) is 20.4. The van der Waals surface area contributed by atoms with Crippen LogP contribution in [-0.2, 0) is 28.8 Å². The van der Waals surface area contributed by atoms with Crippen molar-refractivity contribution in [2.45, 2.75) is 99.5 Å². The van der Waals surface area contributed by atoms with Crippen LogP contribution >= 0.6 is 23.2 Å². The van der Waals surface area contributed by atoms with Gasteiger partial charge in [0.15, 0.2) is 0 Å². The van der Waals surface area contributed by atoms with Crippen LogP contribution < -0.4 is 36.0 Å². The van der Waals surface area contributed by atoms with Gasteiger partial charge in [-0.2, -0.15) is 5.26 Å². The molecule has 0 bridgehead atoms. The zero-order chi connectivity index (χ0) is 59.8. The first-order valence-corrected chi connectivity index (χ1v) is 25.8. The quantitative estimate of drug-likeness (QED) is 0.0817. The summed E-state index contributed by atoms with van der Waals surface area (Å²) < 4.78 is 123. The predicted octanol–water partition coefficient (Wildman–Crippen LogP) is 8.55. The Morgan fingerprint density at radius 2 is 1.02 bits per heavy atom. The van der Waals surface area contributed by atoms with Crippen LogP contribution in [0.25, 0.3) is 0 Å². The number of carbonyl (C=O) groups is 7. The molecule has 4 N–H and O–H groups in total. The fourth-order valence-electron chi connectivity index (χ4n) is 9.99. The van der Waals surface area contributed by atoms with Gasteiger partial charge in [0, 0.05) is 83.9 Å². The Morgan fingerprint density at radius 3 is 1.37 bits per heavy atom. The summed E-state index contributed by atoms with van der Waals surface area (Å²) in [6.07, 6.45) is -1.10. The van der Waals surface area contributed by atoms with E-state index in [9.17, 15) is 68.7 Å². The normalized spacial score (nSPS) is 18.9. The fraction of sp³-hybridized carbons (Fsp3) is 0.296. The topological polar surface area (TPSA) is 258 Å². The van der Waals surface area contributed by atoms with Crippen LogP contribution in [0.2, 0.25) is 10.0 Å². The summed E-state index contributed by atoms with van der Waals surface area (Å²) >= 11 is 12.8. The molecule has 2 aliphatic heterocycles. The average Bonchev–Trinajstić information content (AvgIpc) is 3.87. The first-order chi connectivity index (χ1) is 39.3. The summed E-state index contributed by atoms with van der Waals surface area (Å²) in [4.78, 5) is 104. The van der Waals surface area contributed by atoms with Crippen LogP contribution in [0, 0.1) is 34.6 Å². The van der Waals surface area contributed by atoms with E-state index in [4.69, 9.17) is 43.0 Å². The lowest BCUT2D eigenvalue weighted by Crippen LogP contribution is -2.56. The third kappa shape index (κ3) is 12.6. The van der Waals surface area contributed by atoms with Gasteiger partial charge in [-0.05, 0) is 49.2 Å². The van der Waals surface area contributed by atoms with Crippen molar-refractivity contribution in [1.29, 1.82) is 5.26 Å². The molecule has 4 fully saturated rings. The van der Waals surface area contributed by atoms with Gasteiger partial charge in [0.25, 0.3) is 29.6 Å². The van der Waals surface area contributed by atoms with Crippen LogP contribution in [0.4, 0.5) is 58.5 Å². The summed E-state index contributed by atoms with van der Waals surface area (Å²) in [6, 6.07) is 8.92. The smallest absolute Gasteiger partial charge is 0.306 e. The number of oxazole rings is 2. The molecule has 0 radical (unpaired) electrons. The van der Waals surface area contributed by atoms with Crippen molar-refractivity contribution >= 4 is 88.0 Å². The van der Waals surface area contributed by atoms with Crippen LogP contribution in [0.1, 0.15) is 90.9 Å². The molecule has 0 spiro atoms. The predicted molar refractivity (Wildman–Crippen MR) is 276 cm³/mol. The molecule has 432 valence electrons. The van der Waals surface area contributed by atoms with Gasteiger partial charge in [-0.1, -0.05) is 59.6 Å². The number of rotatable bonds is 15. The maximum absolute atomic E-state index is 14.5. The van der Waals surface area contributed by atoms with Crippen LogP contribution in [0.5, 0.6) is 0 Å². The van der Waals surface area contributed by atoms with Crippen molar-refractivity contribution in [3.63, 3.8) is 0 Å². The number of alkyl halides is 4. The lowest BCUT2D eigenvalue weighted by molar-refractivity contribution is -0.133. The number of carbonyl (C=O) groups excluding carboxylic acids is 7. The molecule has 19 nitrogen and oxygen atoms in total. The summed E-state index contributed by atoms with van der Waals surface area (Å²) in [6.45, 7) is 0.